The largest absolute Gasteiger partial charge is 0.329 e. The lowest BCUT2D eigenvalue weighted by atomic mass is 9.95. The zero-order chi connectivity index (χ0) is 13.3. The number of rotatable bonds is 2. The average molecular weight is 261 g/mol. The first-order chi connectivity index (χ1) is 9.25. The average Bonchev–Trinajstić information content (AvgIpc) is 2.48. The highest BCUT2D eigenvalue weighted by Gasteiger charge is 2.35. The minimum absolute atomic E-state index is 0.959. The summed E-state index contributed by atoms with van der Waals surface area (Å²) in [5.74, 6) is 1.07. The van der Waals surface area contributed by atoms with Gasteiger partial charge < -0.3 is 5.32 Å². The Morgan fingerprint density at radius 1 is 1.11 bits per heavy atom. The summed E-state index contributed by atoms with van der Waals surface area (Å²) in [6.07, 6.45) is 4.91. The van der Waals surface area contributed by atoms with E-state index in [-0.39, 0.29) is 0 Å². The van der Waals surface area contributed by atoms with Crippen LogP contribution in [-0.2, 0) is 12.8 Å². The van der Waals surface area contributed by atoms with Gasteiger partial charge in [-0.1, -0.05) is 0 Å². The van der Waals surface area contributed by atoms with Gasteiger partial charge in [-0.25, -0.2) is 0 Å². The van der Waals surface area contributed by atoms with Crippen molar-refractivity contribution in [2.75, 3.05) is 32.7 Å². The summed E-state index contributed by atoms with van der Waals surface area (Å²) in [5.41, 5.74) is 3.99. The number of nitrogens with one attached hydrogen (secondary N) is 1. The molecule has 1 fully saturated rings. The van der Waals surface area contributed by atoms with Crippen molar-refractivity contribution in [3.05, 3.63) is 17.0 Å². The van der Waals surface area contributed by atoms with E-state index in [0.29, 0.717) is 0 Å². The van der Waals surface area contributed by atoms with E-state index in [9.17, 15) is 0 Å². The van der Waals surface area contributed by atoms with Crippen molar-refractivity contribution in [2.45, 2.75) is 39.5 Å². The van der Waals surface area contributed by atoms with Crippen LogP contribution in [0.15, 0.2) is 0 Å². The van der Waals surface area contributed by atoms with E-state index in [1.54, 1.807) is 0 Å². The predicted molar refractivity (Wildman–Crippen MR) is 78.3 cm³/mol. The fourth-order valence-corrected chi connectivity index (χ4v) is 3.46. The molecule has 104 valence electrons. The molecule has 19 heavy (non-hydrogen) atoms. The molecule has 0 unspecified atom stereocenters. The maximum Gasteiger partial charge on any atom is 0.329 e. The third kappa shape index (κ3) is 2.28. The van der Waals surface area contributed by atoms with Crippen LogP contribution in [0.5, 0.6) is 0 Å². The van der Waals surface area contributed by atoms with Gasteiger partial charge in [-0.15, -0.1) is 0 Å². The molecule has 1 aliphatic carbocycles. The number of hydrogen-bond acceptors (Lipinski definition) is 3. The number of fused-ring (bicyclic) bond motifs is 1. The first-order valence-electron chi connectivity index (χ1n) is 7.69. The molecule has 0 spiro atoms. The monoisotopic (exact) mass is 261 g/mol. The van der Waals surface area contributed by atoms with Crippen LogP contribution in [-0.4, -0.2) is 42.7 Å². The molecule has 3 rings (SSSR count). The number of quaternary nitrogens is 1. The Morgan fingerprint density at radius 3 is 2.58 bits per heavy atom. The molecule has 0 bridgehead atoms. The number of nitrogens with zero attached hydrogens (tertiary/aromatic N) is 3. The van der Waals surface area contributed by atoms with E-state index in [1.807, 2.05) is 0 Å². The van der Waals surface area contributed by atoms with E-state index in [1.165, 1.54) is 36.2 Å². The number of aromatic nitrogens is 2. The highest BCUT2D eigenvalue weighted by atomic mass is 15.4. The van der Waals surface area contributed by atoms with E-state index in [2.05, 4.69) is 19.2 Å². The van der Waals surface area contributed by atoms with Crippen LogP contribution in [0.2, 0.25) is 0 Å². The minimum atomic E-state index is 0.959. The molecule has 0 amide bonds. The summed E-state index contributed by atoms with van der Waals surface area (Å²) in [4.78, 5) is 9.86. The maximum atomic E-state index is 4.97. The topological polar surface area (TPSA) is 37.8 Å². The Labute approximate surface area is 115 Å². The second kappa shape index (κ2) is 5.17. The summed E-state index contributed by atoms with van der Waals surface area (Å²) in [6.45, 7) is 9.93. The first-order valence-corrected chi connectivity index (χ1v) is 7.69. The van der Waals surface area contributed by atoms with Gasteiger partial charge in [0.15, 0.2) is 0 Å². The lowest BCUT2D eigenvalue weighted by molar-refractivity contribution is 0.238. The molecule has 0 radical (unpaired) electrons. The van der Waals surface area contributed by atoms with E-state index < -0.39 is 0 Å². The van der Waals surface area contributed by atoms with E-state index >= 15 is 0 Å². The van der Waals surface area contributed by atoms with Gasteiger partial charge in [-0.05, 0) is 45.1 Å². The van der Waals surface area contributed by atoms with Crippen molar-refractivity contribution in [3.63, 3.8) is 0 Å². The molecule has 0 atom stereocenters. The summed E-state index contributed by atoms with van der Waals surface area (Å²) in [6, 6.07) is 0. The van der Waals surface area contributed by atoms with Gasteiger partial charge in [-0.2, -0.15) is 9.97 Å². The Kier molecular flexibility index (Phi) is 3.54. The van der Waals surface area contributed by atoms with Crippen molar-refractivity contribution in [1.82, 2.24) is 19.8 Å². The zero-order valence-corrected chi connectivity index (χ0v) is 12.2. The molecule has 0 aromatic carbocycles. The lowest BCUT2D eigenvalue weighted by Gasteiger charge is -2.38. The molecule has 1 aliphatic heterocycles. The summed E-state index contributed by atoms with van der Waals surface area (Å²) in [5, 5.41) is 3.45. The summed E-state index contributed by atoms with van der Waals surface area (Å²) in [7, 11) is 0. The molecule has 1 aromatic rings. The number of aryl methyl sites for hydroxylation is 2. The molecule has 1 saturated heterocycles. The summed E-state index contributed by atoms with van der Waals surface area (Å²) < 4.78 is 0.959. The molecule has 1 aromatic heterocycles. The lowest BCUT2D eigenvalue weighted by Crippen LogP contribution is -2.60. The van der Waals surface area contributed by atoms with E-state index in [0.717, 1.165) is 49.6 Å². The SMILES string of the molecule is CC[N+]1(c2nc(C)c3c(n2)CCCC3)CCNCC1. The molecule has 2 heterocycles. The second-order valence-corrected chi connectivity index (χ2v) is 5.90. The van der Waals surface area contributed by atoms with Crippen LogP contribution in [0.3, 0.4) is 0 Å². The van der Waals surface area contributed by atoms with Gasteiger partial charge in [0.1, 0.15) is 0 Å². The zero-order valence-electron chi connectivity index (χ0n) is 12.2. The molecular formula is C15H25N4+. The van der Waals surface area contributed by atoms with Gasteiger partial charge in [0.05, 0.1) is 31.0 Å². The van der Waals surface area contributed by atoms with Gasteiger partial charge >= 0.3 is 5.95 Å². The number of piperazine rings is 1. The minimum Gasteiger partial charge on any atom is -0.306 e. The number of likely N-dealkylation sites (N-methyl/N-ethyl adjacent to an activating group) is 1. The molecule has 0 saturated carbocycles. The van der Waals surface area contributed by atoms with Gasteiger partial charge in [0.2, 0.25) is 0 Å². The van der Waals surface area contributed by atoms with Crippen LogP contribution >= 0.6 is 0 Å². The standard InChI is InChI=1S/C15H25N4/c1-3-19(10-8-16-9-11-19)15-17-12(2)13-6-4-5-7-14(13)18-15/h16H,3-11H2,1-2H3/q+1. The van der Waals surface area contributed by atoms with Crippen molar-refractivity contribution in [1.29, 1.82) is 0 Å². The smallest absolute Gasteiger partial charge is 0.306 e. The van der Waals surface area contributed by atoms with Crippen LogP contribution in [0.1, 0.15) is 36.7 Å². The van der Waals surface area contributed by atoms with Crippen molar-refractivity contribution < 1.29 is 0 Å². The third-order valence-electron chi connectivity index (χ3n) is 4.84. The second-order valence-electron chi connectivity index (χ2n) is 5.90. The summed E-state index contributed by atoms with van der Waals surface area (Å²) >= 11 is 0. The highest BCUT2D eigenvalue weighted by molar-refractivity contribution is 5.36. The molecule has 4 nitrogen and oxygen atoms in total. The third-order valence-corrected chi connectivity index (χ3v) is 4.84. The fourth-order valence-electron chi connectivity index (χ4n) is 3.46. The van der Waals surface area contributed by atoms with Gasteiger partial charge in [0.25, 0.3) is 0 Å². The molecular weight excluding hydrogens is 236 g/mol. The van der Waals surface area contributed by atoms with Crippen molar-refractivity contribution in [2.24, 2.45) is 0 Å². The quantitative estimate of drug-likeness (QED) is 0.822. The van der Waals surface area contributed by atoms with Gasteiger partial charge in [-0.3, -0.25) is 4.48 Å². The van der Waals surface area contributed by atoms with Crippen LogP contribution < -0.4 is 9.80 Å². The molecule has 4 heteroatoms. The fraction of sp³-hybridized carbons (Fsp3) is 0.733. The highest BCUT2D eigenvalue weighted by Crippen LogP contribution is 2.27. The van der Waals surface area contributed by atoms with Crippen LogP contribution in [0.25, 0.3) is 0 Å². The first kappa shape index (κ1) is 13.0. The Hall–Kier alpha value is -1.00. The predicted octanol–water partition coefficient (Wildman–Crippen LogP) is 1.59. The van der Waals surface area contributed by atoms with Crippen molar-refractivity contribution >= 4 is 5.95 Å². The molecule has 2 aliphatic rings. The van der Waals surface area contributed by atoms with Crippen LogP contribution in [0.4, 0.5) is 5.95 Å². The normalized spacial score (nSPS) is 22.0. The maximum absolute atomic E-state index is 4.97. The van der Waals surface area contributed by atoms with Gasteiger partial charge in [0, 0.05) is 13.1 Å². The van der Waals surface area contributed by atoms with Crippen molar-refractivity contribution in [3.8, 4) is 0 Å². The van der Waals surface area contributed by atoms with Crippen LogP contribution in [0, 0.1) is 6.92 Å². The number of hydrogen-bond donors (Lipinski definition) is 1. The molecule has 1 N–H and O–H groups in total. The Bertz CT molecular complexity index is 463. The van der Waals surface area contributed by atoms with E-state index in [4.69, 9.17) is 9.97 Å². The Balaban J connectivity index is 2.02. The Morgan fingerprint density at radius 2 is 1.84 bits per heavy atom.